The van der Waals surface area contributed by atoms with E-state index in [1.807, 2.05) is 17.2 Å². The van der Waals surface area contributed by atoms with Crippen molar-refractivity contribution in [2.45, 2.75) is 44.7 Å². The Morgan fingerprint density at radius 2 is 2.45 bits per heavy atom. The number of hydrogen-bond donors (Lipinski definition) is 2. The van der Waals surface area contributed by atoms with E-state index in [9.17, 15) is 9.59 Å². The molecule has 1 aliphatic rings. The number of carboxylic acid groups (broad SMARTS) is 1. The van der Waals surface area contributed by atoms with Crippen molar-refractivity contribution in [3.05, 3.63) is 11.6 Å². The molecule has 0 saturated carbocycles. The molecule has 1 saturated heterocycles. The van der Waals surface area contributed by atoms with Crippen molar-refractivity contribution in [2.75, 3.05) is 11.4 Å². The van der Waals surface area contributed by atoms with Crippen LogP contribution in [0.5, 0.6) is 0 Å². The number of anilines is 1. The van der Waals surface area contributed by atoms with Crippen LogP contribution in [0, 0.1) is 0 Å². The number of carboxylic acids is 1. The number of hydrogen-bond acceptors (Lipinski definition) is 5. The van der Waals surface area contributed by atoms with Crippen LogP contribution < -0.4 is 10.2 Å². The van der Waals surface area contributed by atoms with Crippen LogP contribution in [0.3, 0.4) is 0 Å². The van der Waals surface area contributed by atoms with Gasteiger partial charge >= 0.3 is 5.97 Å². The number of carbonyl (C=O) groups excluding carboxylic acids is 1. The average Bonchev–Trinajstić information content (AvgIpc) is 3.08. The molecule has 1 aliphatic heterocycles. The molecule has 110 valence electrons. The SMILES string of the molecule is CCCC(NC(=O)C1CCCN1c1nccs1)C(=O)O. The van der Waals surface area contributed by atoms with Crippen LogP contribution in [-0.2, 0) is 9.59 Å². The molecule has 6 nitrogen and oxygen atoms in total. The van der Waals surface area contributed by atoms with Crippen LogP contribution in [0.4, 0.5) is 5.13 Å². The topological polar surface area (TPSA) is 82.5 Å². The first-order valence-electron chi connectivity index (χ1n) is 6.82. The monoisotopic (exact) mass is 297 g/mol. The first kappa shape index (κ1) is 14.8. The molecule has 2 unspecified atom stereocenters. The number of rotatable bonds is 6. The number of amides is 1. The molecule has 0 radical (unpaired) electrons. The van der Waals surface area contributed by atoms with Gasteiger partial charge < -0.3 is 15.3 Å². The number of carbonyl (C=O) groups is 2. The Labute approximate surface area is 121 Å². The third-order valence-electron chi connectivity index (χ3n) is 3.41. The van der Waals surface area contributed by atoms with E-state index < -0.39 is 12.0 Å². The van der Waals surface area contributed by atoms with Crippen molar-refractivity contribution in [3.8, 4) is 0 Å². The van der Waals surface area contributed by atoms with Gasteiger partial charge in [0, 0.05) is 18.1 Å². The van der Waals surface area contributed by atoms with Gasteiger partial charge in [0.25, 0.3) is 0 Å². The van der Waals surface area contributed by atoms with Crippen molar-refractivity contribution in [2.24, 2.45) is 0 Å². The predicted molar refractivity (Wildman–Crippen MR) is 77.0 cm³/mol. The van der Waals surface area contributed by atoms with Gasteiger partial charge in [-0.15, -0.1) is 11.3 Å². The molecule has 2 heterocycles. The molecule has 1 fully saturated rings. The summed E-state index contributed by atoms with van der Waals surface area (Å²) in [6.45, 7) is 2.69. The molecule has 1 amide bonds. The standard InChI is InChI=1S/C13H19N3O3S/c1-2-4-9(12(18)19)15-11(17)10-5-3-7-16(10)13-14-6-8-20-13/h6,8-10H,2-5,7H2,1H3,(H,15,17)(H,18,19). The van der Waals surface area contributed by atoms with E-state index in [2.05, 4.69) is 10.3 Å². The maximum absolute atomic E-state index is 12.3. The largest absolute Gasteiger partial charge is 0.480 e. The zero-order valence-electron chi connectivity index (χ0n) is 11.4. The second kappa shape index (κ2) is 6.69. The number of thiazole rings is 1. The summed E-state index contributed by atoms with van der Waals surface area (Å²) in [6, 6.07) is -1.11. The minimum atomic E-state index is -0.973. The minimum Gasteiger partial charge on any atom is -0.480 e. The lowest BCUT2D eigenvalue weighted by Crippen LogP contribution is -2.49. The van der Waals surface area contributed by atoms with Gasteiger partial charge in [0.1, 0.15) is 12.1 Å². The lowest BCUT2D eigenvalue weighted by atomic mass is 10.1. The second-order valence-corrected chi connectivity index (χ2v) is 5.73. The van der Waals surface area contributed by atoms with Crippen molar-refractivity contribution in [1.29, 1.82) is 0 Å². The van der Waals surface area contributed by atoms with Crippen LogP contribution in [0.15, 0.2) is 11.6 Å². The van der Waals surface area contributed by atoms with E-state index in [0.717, 1.165) is 30.9 Å². The van der Waals surface area contributed by atoms with Crippen LogP contribution in [0.25, 0.3) is 0 Å². The maximum atomic E-state index is 12.3. The Morgan fingerprint density at radius 3 is 3.05 bits per heavy atom. The summed E-state index contributed by atoms with van der Waals surface area (Å²) in [4.78, 5) is 29.6. The highest BCUT2D eigenvalue weighted by molar-refractivity contribution is 7.13. The third kappa shape index (κ3) is 3.27. The van der Waals surface area contributed by atoms with Gasteiger partial charge in [-0.25, -0.2) is 9.78 Å². The Bertz CT molecular complexity index is 463. The van der Waals surface area contributed by atoms with Crippen LogP contribution in [0.1, 0.15) is 32.6 Å². The zero-order chi connectivity index (χ0) is 14.5. The summed E-state index contributed by atoms with van der Waals surface area (Å²) < 4.78 is 0. The first-order valence-corrected chi connectivity index (χ1v) is 7.70. The summed E-state index contributed by atoms with van der Waals surface area (Å²) in [6.07, 6.45) is 4.54. The maximum Gasteiger partial charge on any atom is 0.326 e. The third-order valence-corrected chi connectivity index (χ3v) is 4.22. The Balaban J connectivity index is 2.02. The predicted octanol–water partition coefficient (Wildman–Crippen LogP) is 1.48. The first-order chi connectivity index (χ1) is 9.63. The summed E-state index contributed by atoms with van der Waals surface area (Å²) in [5, 5.41) is 14.5. The van der Waals surface area contributed by atoms with E-state index in [1.165, 1.54) is 11.3 Å². The fraction of sp³-hybridized carbons (Fsp3) is 0.615. The van der Waals surface area contributed by atoms with E-state index in [-0.39, 0.29) is 11.9 Å². The van der Waals surface area contributed by atoms with Crippen molar-refractivity contribution < 1.29 is 14.7 Å². The van der Waals surface area contributed by atoms with Gasteiger partial charge in [-0.2, -0.15) is 0 Å². The fourth-order valence-corrected chi connectivity index (χ4v) is 3.16. The highest BCUT2D eigenvalue weighted by atomic mass is 32.1. The van der Waals surface area contributed by atoms with E-state index in [0.29, 0.717) is 6.42 Å². The van der Waals surface area contributed by atoms with Crippen LogP contribution in [-0.4, -0.2) is 40.6 Å². The molecule has 7 heteroatoms. The van der Waals surface area contributed by atoms with Gasteiger partial charge in [-0.1, -0.05) is 13.3 Å². The smallest absolute Gasteiger partial charge is 0.326 e. The molecule has 20 heavy (non-hydrogen) atoms. The van der Waals surface area contributed by atoms with Crippen molar-refractivity contribution >= 4 is 28.3 Å². The molecule has 2 atom stereocenters. The minimum absolute atomic E-state index is 0.210. The second-order valence-electron chi connectivity index (χ2n) is 4.85. The lowest BCUT2D eigenvalue weighted by molar-refractivity contribution is -0.142. The average molecular weight is 297 g/mol. The van der Waals surface area contributed by atoms with Crippen LogP contribution in [0.2, 0.25) is 0 Å². The quantitative estimate of drug-likeness (QED) is 0.831. The summed E-state index contributed by atoms with van der Waals surface area (Å²) in [7, 11) is 0. The highest BCUT2D eigenvalue weighted by Crippen LogP contribution is 2.27. The van der Waals surface area contributed by atoms with Crippen LogP contribution >= 0.6 is 11.3 Å². The lowest BCUT2D eigenvalue weighted by Gasteiger charge is -2.24. The van der Waals surface area contributed by atoms with E-state index in [4.69, 9.17) is 5.11 Å². The number of nitrogens with one attached hydrogen (secondary N) is 1. The van der Waals surface area contributed by atoms with E-state index in [1.54, 1.807) is 6.20 Å². The van der Waals surface area contributed by atoms with Crippen molar-refractivity contribution in [3.63, 3.8) is 0 Å². The van der Waals surface area contributed by atoms with Gasteiger partial charge in [0.15, 0.2) is 5.13 Å². The molecular weight excluding hydrogens is 278 g/mol. The Hall–Kier alpha value is -1.63. The van der Waals surface area contributed by atoms with Gasteiger partial charge in [0.05, 0.1) is 0 Å². The molecule has 0 bridgehead atoms. The number of aromatic nitrogens is 1. The zero-order valence-corrected chi connectivity index (χ0v) is 12.2. The summed E-state index contributed by atoms with van der Waals surface area (Å²) in [5.74, 6) is -1.18. The van der Waals surface area contributed by atoms with E-state index >= 15 is 0 Å². The van der Waals surface area contributed by atoms with Crippen molar-refractivity contribution in [1.82, 2.24) is 10.3 Å². The molecule has 1 aromatic heterocycles. The highest BCUT2D eigenvalue weighted by Gasteiger charge is 2.34. The molecule has 1 aromatic rings. The number of aliphatic carboxylic acids is 1. The van der Waals surface area contributed by atoms with Gasteiger partial charge in [0.2, 0.25) is 5.91 Å². The van der Waals surface area contributed by atoms with Gasteiger partial charge in [-0.3, -0.25) is 4.79 Å². The summed E-state index contributed by atoms with van der Waals surface area (Å²) >= 11 is 1.50. The fourth-order valence-electron chi connectivity index (χ4n) is 2.44. The summed E-state index contributed by atoms with van der Waals surface area (Å²) in [5.41, 5.74) is 0. The molecule has 0 spiro atoms. The Kier molecular flexibility index (Phi) is 4.94. The molecule has 0 aliphatic carbocycles. The molecule has 2 N–H and O–H groups in total. The molecule has 0 aromatic carbocycles. The normalized spacial score (nSPS) is 19.9. The number of nitrogens with zero attached hydrogens (tertiary/aromatic N) is 2. The molecule has 2 rings (SSSR count). The van der Waals surface area contributed by atoms with Gasteiger partial charge in [-0.05, 0) is 19.3 Å². The Morgan fingerprint density at radius 1 is 1.65 bits per heavy atom. The molecular formula is C13H19N3O3S.